The summed E-state index contributed by atoms with van der Waals surface area (Å²) in [6, 6.07) is 10.0. The number of hydrogen-bond acceptors (Lipinski definition) is 5. The van der Waals surface area contributed by atoms with Crippen LogP contribution in [0.25, 0.3) is 0 Å². The van der Waals surface area contributed by atoms with Gasteiger partial charge in [0.15, 0.2) is 0 Å². The molecule has 0 unspecified atom stereocenters. The molecule has 19 heavy (non-hydrogen) atoms. The molecule has 0 fully saturated rings. The topological polar surface area (TPSA) is 86.4 Å². The minimum absolute atomic E-state index is 0.203. The molecule has 6 heteroatoms. The van der Waals surface area contributed by atoms with Crippen molar-refractivity contribution in [1.29, 1.82) is 5.26 Å². The summed E-state index contributed by atoms with van der Waals surface area (Å²) >= 11 is 0. The molecule has 0 atom stereocenters. The lowest BCUT2D eigenvalue weighted by atomic mass is 9.84. The molecule has 2 N–H and O–H groups in total. The molecule has 1 radical (unpaired) electrons. The number of ether oxygens (including phenoxy) is 1. The molecule has 5 nitrogen and oxygen atoms in total. The molecule has 0 aliphatic rings. The van der Waals surface area contributed by atoms with Crippen molar-refractivity contribution in [2.24, 2.45) is 0 Å². The summed E-state index contributed by atoms with van der Waals surface area (Å²) < 4.78 is 5.50. The van der Waals surface area contributed by atoms with Gasteiger partial charge < -0.3 is 14.9 Å². The second-order valence-electron chi connectivity index (χ2n) is 3.72. The highest BCUT2D eigenvalue weighted by molar-refractivity contribution is 6.46. The van der Waals surface area contributed by atoms with E-state index < -0.39 is 0 Å². The van der Waals surface area contributed by atoms with Gasteiger partial charge in [0.05, 0.1) is 6.61 Å². The van der Waals surface area contributed by atoms with Gasteiger partial charge >= 0.3 is 7.48 Å². The van der Waals surface area contributed by atoms with E-state index in [1.807, 2.05) is 6.07 Å². The third-order valence-electron chi connectivity index (χ3n) is 2.53. The zero-order valence-corrected chi connectivity index (χ0v) is 9.95. The Morgan fingerprint density at radius 2 is 2.21 bits per heavy atom. The highest BCUT2D eigenvalue weighted by Crippen LogP contribution is 2.22. The van der Waals surface area contributed by atoms with E-state index in [9.17, 15) is 5.11 Å². The fourth-order valence-electron chi connectivity index (χ4n) is 1.58. The molecule has 1 aromatic carbocycles. The predicted octanol–water partition coefficient (Wildman–Crippen LogP) is 0.475. The Bertz CT molecular complexity index is 626. The first kappa shape index (κ1) is 13.1. The lowest BCUT2D eigenvalue weighted by Crippen LogP contribution is -2.18. The standard InChI is InChI=1S/C13H10BN2O3/c15-7-9-2-1-5-16-13(9)19-11-3-4-12(14-18)10(6-11)8-17/h1-6,17-18H,8H2. The van der Waals surface area contributed by atoms with Crippen molar-refractivity contribution in [2.45, 2.75) is 6.61 Å². The van der Waals surface area contributed by atoms with Crippen LogP contribution in [0.15, 0.2) is 36.5 Å². The number of aliphatic hydroxyl groups is 1. The van der Waals surface area contributed by atoms with Crippen LogP contribution in [-0.4, -0.2) is 22.6 Å². The SMILES string of the molecule is N#Cc1cccnc1Oc1ccc([B]O)c(CO)c1. The number of nitriles is 1. The molecule has 1 heterocycles. The summed E-state index contributed by atoms with van der Waals surface area (Å²) in [5.41, 5.74) is 1.36. The lowest BCUT2D eigenvalue weighted by molar-refractivity contribution is 0.282. The first-order valence-corrected chi connectivity index (χ1v) is 5.52. The minimum Gasteiger partial charge on any atom is -0.450 e. The summed E-state index contributed by atoms with van der Waals surface area (Å²) in [4.78, 5) is 3.98. The quantitative estimate of drug-likeness (QED) is 0.773. The smallest absolute Gasteiger partial charge is 0.327 e. The molecular formula is C13H10BN2O3. The van der Waals surface area contributed by atoms with Crippen LogP contribution < -0.4 is 10.2 Å². The zero-order valence-electron chi connectivity index (χ0n) is 9.95. The number of hydrogen-bond donors (Lipinski definition) is 2. The van der Waals surface area contributed by atoms with Crippen molar-refractivity contribution < 1.29 is 14.9 Å². The molecule has 0 bridgehead atoms. The Labute approximate surface area is 111 Å². The van der Waals surface area contributed by atoms with Crippen molar-refractivity contribution in [3.05, 3.63) is 47.7 Å². The summed E-state index contributed by atoms with van der Waals surface area (Å²) in [5.74, 6) is 0.638. The molecular weight excluding hydrogens is 243 g/mol. The summed E-state index contributed by atoms with van der Waals surface area (Å²) in [6.45, 7) is -0.225. The van der Waals surface area contributed by atoms with Gasteiger partial charge in [0.1, 0.15) is 17.4 Å². The average Bonchev–Trinajstić information content (AvgIpc) is 2.47. The fraction of sp³-hybridized carbons (Fsp3) is 0.0769. The van der Waals surface area contributed by atoms with Gasteiger partial charge in [0.25, 0.3) is 0 Å². The maximum atomic E-state index is 9.19. The largest absolute Gasteiger partial charge is 0.450 e. The van der Waals surface area contributed by atoms with E-state index in [0.717, 1.165) is 7.48 Å². The Morgan fingerprint density at radius 1 is 1.37 bits per heavy atom. The molecule has 0 amide bonds. The van der Waals surface area contributed by atoms with E-state index in [1.54, 1.807) is 30.3 Å². The number of benzene rings is 1. The highest BCUT2D eigenvalue weighted by Gasteiger charge is 2.08. The van der Waals surface area contributed by atoms with Crippen LogP contribution in [0.4, 0.5) is 0 Å². The summed E-state index contributed by atoms with van der Waals surface area (Å²) in [7, 11) is 0.914. The van der Waals surface area contributed by atoms with Crippen LogP contribution in [0.5, 0.6) is 11.6 Å². The second kappa shape index (κ2) is 6.00. The number of aromatic nitrogens is 1. The van der Waals surface area contributed by atoms with Crippen LogP contribution >= 0.6 is 0 Å². The molecule has 0 aliphatic heterocycles. The van der Waals surface area contributed by atoms with Gasteiger partial charge in [-0.25, -0.2) is 4.98 Å². The number of rotatable bonds is 4. The third-order valence-corrected chi connectivity index (χ3v) is 2.53. The van der Waals surface area contributed by atoms with E-state index in [4.69, 9.17) is 15.0 Å². The molecule has 2 aromatic rings. The van der Waals surface area contributed by atoms with Gasteiger partial charge in [-0.3, -0.25) is 0 Å². The molecule has 2 rings (SSSR count). The van der Waals surface area contributed by atoms with E-state index in [1.165, 1.54) is 6.20 Å². The van der Waals surface area contributed by atoms with Crippen LogP contribution in [0.2, 0.25) is 0 Å². The van der Waals surface area contributed by atoms with Crippen molar-refractivity contribution >= 4 is 12.9 Å². The van der Waals surface area contributed by atoms with Crippen LogP contribution in [-0.2, 0) is 6.61 Å². The Balaban J connectivity index is 2.31. The third kappa shape index (κ3) is 2.91. The van der Waals surface area contributed by atoms with Crippen molar-refractivity contribution in [1.82, 2.24) is 4.98 Å². The van der Waals surface area contributed by atoms with E-state index >= 15 is 0 Å². The predicted molar refractivity (Wildman–Crippen MR) is 69.0 cm³/mol. The highest BCUT2D eigenvalue weighted by atomic mass is 16.5. The van der Waals surface area contributed by atoms with Gasteiger partial charge in [0, 0.05) is 6.20 Å². The van der Waals surface area contributed by atoms with Crippen molar-refractivity contribution in [3.8, 4) is 17.7 Å². The molecule has 1 aromatic heterocycles. The zero-order chi connectivity index (χ0) is 13.7. The lowest BCUT2D eigenvalue weighted by Gasteiger charge is -2.09. The number of pyridine rings is 1. The fourth-order valence-corrected chi connectivity index (χ4v) is 1.58. The van der Waals surface area contributed by atoms with Crippen LogP contribution in [0, 0.1) is 11.3 Å². The van der Waals surface area contributed by atoms with Gasteiger partial charge in [-0.1, -0.05) is 6.07 Å². The minimum atomic E-state index is -0.225. The first-order chi connectivity index (χ1) is 9.28. The summed E-state index contributed by atoms with van der Waals surface area (Å²) in [6.07, 6.45) is 1.53. The molecule has 0 saturated carbocycles. The number of aliphatic hydroxyl groups excluding tert-OH is 1. The number of nitrogens with zero attached hydrogens (tertiary/aromatic N) is 2. The van der Waals surface area contributed by atoms with E-state index in [2.05, 4.69) is 4.98 Å². The van der Waals surface area contributed by atoms with E-state index in [0.29, 0.717) is 22.3 Å². The van der Waals surface area contributed by atoms with Gasteiger partial charge in [-0.05, 0) is 35.3 Å². The Hall–Kier alpha value is -2.36. The maximum absolute atomic E-state index is 9.19. The maximum Gasteiger partial charge on any atom is 0.327 e. The molecule has 0 saturated heterocycles. The van der Waals surface area contributed by atoms with Crippen molar-refractivity contribution in [2.75, 3.05) is 0 Å². The van der Waals surface area contributed by atoms with Crippen LogP contribution in [0.3, 0.4) is 0 Å². The van der Waals surface area contributed by atoms with Crippen molar-refractivity contribution in [3.63, 3.8) is 0 Å². The van der Waals surface area contributed by atoms with E-state index in [-0.39, 0.29) is 12.5 Å². The average molecular weight is 253 g/mol. The first-order valence-electron chi connectivity index (χ1n) is 5.52. The van der Waals surface area contributed by atoms with Gasteiger partial charge in [-0.2, -0.15) is 5.26 Å². The normalized spacial score (nSPS) is 9.74. The Morgan fingerprint density at radius 3 is 2.89 bits per heavy atom. The monoisotopic (exact) mass is 253 g/mol. The van der Waals surface area contributed by atoms with Gasteiger partial charge in [0.2, 0.25) is 5.88 Å². The van der Waals surface area contributed by atoms with Gasteiger partial charge in [-0.15, -0.1) is 0 Å². The van der Waals surface area contributed by atoms with Crippen LogP contribution in [0.1, 0.15) is 11.1 Å². The second-order valence-corrected chi connectivity index (χ2v) is 3.72. The summed E-state index contributed by atoms with van der Waals surface area (Å²) in [5, 5.41) is 27.1. The molecule has 0 spiro atoms. The Kier molecular flexibility index (Phi) is 4.13. The molecule has 93 valence electrons. The molecule has 0 aliphatic carbocycles.